The Balaban J connectivity index is 2.69. The zero-order valence-corrected chi connectivity index (χ0v) is 5.43. The largest absolute Gasteiger partial charge is 0.329 e. The lowest BCUT2D eigenvalue weighted by molar-refractivity contribution is 0.555. The standard InChI is InChI=1S/C5H13N4/c1-7-4-5-9-8-3-2-6/h1,8-9H,2-6H2/q+1. The SMILES string of the molecule is C#[N+]CCNNCCN. The molecule has 0 amide bonds. The predicted octanol–water partition coefficient (Wildman–Crippen LogP) is -0.998. The van der Waals surface area contributed by atoms with Gasteiger partial charge in [-0.05, 0) is 0 Å². The number of hydrazine groups is 1. The molecule has 0 radical (unpaired) electrons. The highest BCUT2D eigenvalue weighted by Crippen LogP contribution is 1.59. The lowest BCUT2D eigenvalue weighted by atomic mass is 10.6. The van der Waals surface area contributed by atoms with E-state index in [0.29, 0.717) is 13.1 Å². The minimum Gasteiger partial charge on any atom is -0.329 e. The van der Waals surface area contributed by atoms with Gasteiger partial charge in [-0.25, -0.2) is 0 Å². The van der Waals surface area contributed by atoms with Crippen LogP contribution >= 0.6 is 0 Å². The van der Waals surface area contributed by atoms with Crippen LogP contribution in [0.15, 0.2) is 0 Å². The minimum absolute atomic E-state index is 0.623. The zero-order chi connectivity index (χ0) is 6.95. The van der Waals surface area contributed by atoms with Crippen LogP contribution in [0, 0.1) is 6.57 Å². The summed E-state index contributed by atoms with van der Waals surface area (Å²) in [6.07, 6.45) is 0. The van der Waals surface area contributed by atoms with Crippen LogP contribution in [0.3, 0.4) is 0 Å². The summed E-state index contributed by atoms with van der Waals surface area (Å²) < 4.78 is 0. The van der Waals surface area contributed by atoms with Crippen molar-refractivity contribution in [1.82, 2.24) is 10.9 Å². The molecule has 0 heterocycles. The average molecular weight is 129 g/mol. The first kappa shape index (κ1) is 8.37. The Morgan fingerprint density at radius 2 is 2.00 bits per heavy atom. The van der Waals surface area contributed by atoms with E-state index in [0.717, 1.165) is 13.1 Å². The van der Waals surface area contributed by atoms with E-state index < -0.39 is 0 Å². The Morgan fingerprint density at radius 1 is 1.33 bits per heavy atom. The smallest absolute Gasteiger partial charge is 0.276 e. The van der Waals surface area contributed by atoms with Gasteiger partial charge in [0.05, 0.1) is 6.54 Å². The van der Waals surface area contributed by atoms with Crippen molar-refractivity contribution >= 4 is 0 Å². The molecule has 0 saturated carbocycles. The molecule has 0 unspecified atom stereocenters. The summed E-state index contributed by atoms with van der Waals surface area (Å²) in [5.41, 5.74) is 11.0. The third-order valence-corrected chi connectivity index (χ3v) is 0.760. The second-order valence-corrected chi connectivity index (χ2v) is 1.55. The fourth-order valence-corrected chi connectivity index (χ4v) is 0.369. The van der Waals surface area contributed by atoms with Crippen LogP contribution < -0.4 is 16.6 Å². The van der Waals surface area contributed by atoms with Crippen LogP contribution in [0.2, 0.25) is 0 Å². The van der Waals surface area contributed by atoms with E-state index in [4.69, 9.17) is 12.3 Å². The first-order chi connectivity index (χ1) is 4.41. The molecule has 0 aromatic heterocycles. The monoisotopic (exact) mass is 129 g/mol. The molecule has 4 N–H and O–H groups in total. The van der Waals surface area contributed by atoms with E-state index in [1.807, 2.05) is 0 Å². The summed E-state index contributed by atoms with van der Waals surface area (Å²) >= 11 is 0. The van der Waals surface area contributed by atoms with Gasteiger partial charge in [0.25, 0.3) is 13.1 Å². The fourth-order valence-electron chi connectivity index (χ4n) is 0.369. The molecule has 4 nitrogen and oxygen atoms in total. The number of nitrogens with one attached hydrogen (secondary N) is 2. The molecule has 0 aromatic carbocycles. The summed E-state index contributed by atoms with van der Waals surface area (Å²) in [5, 5.41) is 0. The molecule has 4 heteroatoms. The molecule has 9 heavy (non-hydrogen) atoms. The molecule has 0 spiro atoms. The first-order valence-corrected chi connectivity index (χ1v) is 2.94. The summed E-state index contributed by atoms with van der Waals surface area (Å²) in [4.78, 5) is 3.40. The van der Waals surface area contributed by atoms with Crippen molar-refractivity contribution in [3.8, 4) is 6.57 Å². The van der Waals surface area contributed by atoms with Crippen LogP contribution in [0.5, 0.6) is 0 Å². The molecule has 0 aromatic rings. The van der Waals surface area contributed by atoms with E-state index in [9.17, 15) is 0 Å². The van der Waals surface area contributed by atoms with Crippen molar-refractivity contribution in [2.24, 2.45) is 5.73 Å². The highest BCUT2D eigenvalue weighted by molar-refractivity contribution is 4.66. The highest BCUT2D eigenvalue weighted by Gasteiger charge is 1.86. The zero-order valence-electron chi connectivity index (χ0n) is 5.43. The molecule has 0 fully saturated rings. The van der Waals surface area contributed by atoms with Crippen LogP contribution in [0.4, 0.5) is 0 Å². The Morgan fingerprint density at radius 3 is 2.56 bits per heavy atom. The second-order valence-electron chi connectivity index (χ2n) is 1.55. The van der Waals surface area contributed by atoms with E-state index in [1.54, 1.807) is 0 Å². The average Bonchev–Trinajstić information content (AvgIpc) is 1.89. The van der Waals surface area contributed by atoms with Crippen LogP contribution in [-0.2, 0) is 0 Å². The molecule has 0 rings (SSSR count). The maximum absolute atomic E-state index is 5.19. The number of nitrogens with two attached hydrogens (primary N) is 1. The van der Waals surface area contributed by atoms with Crippen molar-refractivity contribution in [2.45, 2.75) is 0 Å². The highest BCUT2D eigenvalue weighted by atomic mass is 15.3. The Kier molecular flexibility index (Phi) is 6.85. The number of hydrogen-bond donors (Lipinski definition) is 3. The van der Waals surface area contributed by atoms with Gasteiger partial charge >= 0.3 is 0 Å². The molecule has 0 aliphatic rings. The van der Waals surface area contributed by atoms with E-state index in [2.05, 4.69) is 15.7 Å². The molecular weight excluding hydrogens is 116 g/mol. The number of nitrogens with zero attached hydrogens (tertiary/aromatic N) is 1. The number of hydrogen-bond acceptors (Lipinski definition) is 3. The Hall–Kier alpha value is -0.630. The van der Waals surface area contributed by atoms with Gasteiger partial charge < -0.3 is 5.73 Å². The molecule has 0 aliphatic carbocycles. The van der Waals surface area contributed by atoms with Crippen LogP contribution in [-0.4, -0.2) is 26.2 Å². The van der Waals surface area contributed by atoms with Gasteiger partial charge in [0, 0.05) is 13.1 Å². The molecule has 0 atom stereocenters. The quantitative estimate of drug-likeness (QED) is 0.330. The lowest BCUT2D eigenvalue weighted by Gasteiger charge is -1.98. The second kappa shape index (κ2) is 7.37. The first-order valence-electron chi connectivity index (χ1n) is 2.94. The topological polar surface area (TPSA) is 54.4 Å². The minimum atomic E-state index is 0.623. The van der Waals surface area contributed by atoms with E-state index in [1.165, 1.54) is 0 Å². The van der Waals surface area contributed by atoms with Crippen LogP contribution in [0.25, 0.3) is 4.85 Å². The Labute approximate surface area is 55.2 Å². The molecule has 52 valence electrons. The Bertz CT molecular complexity index is 85.4. The molecular formula is C5H13N4+. The van der Waals surface area contributed by atoms with Crippen molar-refractivity contribution in [3.05, 3.63) is 4.85 Å². The van der Waals surface area contributed by atoms with E-state index in [-0.39, 0.29) is 0 Å². The summed E-state index contributed by atoms with van der Waals surface area (Å²) in [7, 11) is 0. The number of rotatable bonds is 5. The molecule has 0 saturated heterocycles. The maximum atomic E-state index is 5.19. The normalized spacial score (nSPS) is 8.89. The third-order valence-electron chi connectivity index (χ3n) is 0.760. The summed E-state index contributed by atoms with van der Waals surface area (Å²) in [5.74, 6) is 0. The van der Waals surface area contributed by atoms with Gasteiger partial charge in [-0.15, -0.1) is 0 Å². The third kappa shape index (κ3) is 7.37. The summed E-state index contributed by atoms with van der Waals surface area (Å²) in [6.45, 7) is 7.65. The van der Waals surface area contributed by atoms with E-state index >= 15 is 0 Å². The molecule has 0 aliphatic heterocycles. The summed E-state index contributed by atoms with van der Waals surface area (Å²) in [6, 6.07) is 0. The van der Waals surface area contributed by atoms with Gasteiger partial charge in [0.15, 0.2) is 0 Å². The fraction of sp³-hybridized carbons (Fsp3) is 0.800. The predicted molar refractivity (Wildman–Crippen MR) is 38.2 cm³/mol. The van der Waals surface area contributed by atoms with Crippen molar-refractivity contribution in [2.75, 3.05) is 26.2 Å². The van der Waals surface area contributed by atoms with Crippen LogP contribution in [0.1, 0.15) is 0 Å². The van der Waals surface area contributed by atoms with Crippen molar-refractivity contribution in [3.63, 3.8) is 0 Å². The molecule has 0 bridgehead atoms. The van der Waals surface area contributed by atoms with Gasteiger partial charge in [-0.1, -0.05) is 4.85 Å². The maximum Gasteiger partial charge on any atom is 0.276 e. The van der Waals surface area contributed by atoms with Gasteiger partial charge in [0.1, 0.15) is 0 Å². The lowest BCUT2D eigenvalue weighted by Crippen LogP contribution is -2.37. The van der Waals surface area contributed by atoms with Crippen molar-refractivity contribution < 1.29 is 0 Å². The van der Waals surface area contributed by atoms with Crippen molar-refractivity contribution in [1.29, 1.82) is 0 Å². The van der Waals surface area contributed by atoms with Gasteiger partial charge in [-0.3, -0.25) is 10.9 Å². The van der Waals surface area contributed by atoms with Gasteiger partial charge in [-0.2, -0.15) is 0 Å². The van der Waals surface area contributed by atoms with Gasteiger partial charge in [0.2, 0.25) is 0 Å².